The molecule has 0 aliphatic rings. The van der Waals surface area contributed by atoms with Gasteiger partial charge in [-0.15, -0.1) is 0 Å². The van der Waals surface area contributed by atoms with Crippen molar-refractivity contribution in [3.05, 3.63) is 75.4 Å². The number of nitrogens with one attached hydrogen (secondary N) is 1. The predicted molar refractivity (Wildman–Crippen MR) is 132 cm³/mol. The number of carbonyl (C=O) groups excluding carboxylic acids is 1. The molecule has 0 fully saturated rings. The van der Waals surface area contributed by atoms with Crippen LogP contribution < -0.4 is 14.8 Å². The summed E-state index contributed by atoms with van der Waals surface area (Å²) in [4.78, 5) is 17.3. The van der Waals surface area contributed by atoms with E-state index in [1.807, 2.05) is 13.8 Å². The van der Waals surface area contributed by atoms with E-state index in [0.29, 0.717) is 11.6 Å². The Morgan fingerprint density at radius 1 is 1.12 bits per heavy atom. The monoisotopic (exact) mass is 522 g/mol. The van der Waals surface area contributed by atoms with Gasteiger partial charge in [0.2, 0.25) is 5.88 Å². The van der Waals surface area contributed by atoms with Crippen molar-refractivity contribution in [2.75, 3.05) is 13.4 Å². The summed E-state index contributed by atoms with van der Waals surface area (Å²) in [6.07, 6.45) is 2.63. The van der Waals surface area contributed by atoms with Gasteiger partial charge < -0.3 is 14.8 Å². The first-order chi connectivity index (χ1) is 16.0. The molecule has 3 rings (SSSR count). The van der Waals surface area contributed by atoms with Crippen molar-refractivity contribution in [2.24, 2.45) is 0 Å². The molecule has 1 heterocycles. The van der Waals surface area contributed by atoms with E-state index in [1.54, 1.807) is 25.3 Å². The SMILES string of the molecule is COc1ncc(Oc2c(Cl)ccc(C(=O)NCc3ccc(S(C)(=O)=O)cc3)c2Cl)cc1C(C)C. The van der Waals surface area contributed by atoms with E-state index in [-0.39, 0.29) is 38.7 Å². The van der Waals surface area contributed by atoms with E-state index < -0.39 is 15.7 Å². The quantitative estimate of drug-likeness (QED) is 0.410. The number of halogens is 2. The van der Waals surface area contributed by atoms with Crippen LogP contribution in [0.25, 0.3) is 0 Å². The Hall–Kier alpha value is -2.81. The molecule has 0 saturated heterocycles. The summed E-state index contributed by atoms with van der Waals surface area (Å²) in [5, 5.41) is 3.05. The maximum absolute atomic E-state index is 12.8. The van der Waals surface area contributed by atoms with Crippen LogP contribution in [0.4, 0.5) is 0 Å². The number of hydrogen-bond acceptors (Lipinski definition) is 6. The smallest absolute Gasteiger partial charge is 0.253 e. The van der Waals surface area contributed by atoms with Gasteiger partial charge in [-0.2, -0.15) is 0 Å². The highest BCUT2D eigenvalue weighted by molar-refractivity contribution is 7.90. The van der Waals surface area contributed by atoms with Crippen LogP contribution >= 0.6 is 23.2 Å². The lowest BCUT2D eigenvalue weighted by atomic mass is 10.1. The van der Waals surface area contributed by atoms with Gasteiger partial charge >= 0.3 is 0 Å². The van der Waals surface area contributed by atoms with Crippen LogP contribution in [0.2, 0.25) is 10.0 Å². The van der Waals surface area contributed by atoms with Gasteiger partial charge in [0.1, 0.15) is 5.75 Å². The molecule has 10 heteroatoms. The fourth-order valence-electron chi connectivity index (χ4n) is 3.14. The van der Waals surface area contributed by atoms with Crippen molar-refractivity contribution in [1.82, 2.24) is 10.3 Å². The van der Waals surface area contributed by atoms with Gasteiger partial charge in [0, 0.05) is 18.4 Å². The van der Waals surface area contributed by atoms with Crippen LogP contribution in [0.1, 0.15) is 41.3 Å². The summed E-state index contributed by atoms with van der Waals surface area (Å²) >= 11 is 12.8. The lowest BCUT2D eigenvalue weighted by Crippen LogP contribution is -2.23. The Morgan fingerprint density at radius 3 is 2.38 bits per heavy atom. The second-order valence-corrected chi connectivity index (χ2v) is 10.7. The van der Waals surface area contributed by atoms with Crippen LogP contribution in [0.5, 0.6) is 17.4 Å². The summed E-state index contributed by atoms with van der Waals surface area (Å²) in [5.41, 5.74) is 1.76. The predicted octanol–water partition coefficient (Wildman–Crippen LogP) is 5.65. The Balaban J connectivity index is 1.80. The van der Waals surface area contributed by atoms with E-state index in [2.05, 4.69) is 10.3 Å². The molecule has 0 bridgehead atoms. The van der Waals surface area contributed by atoms with E-state index in [9.17, 15) is 13.2 Å². The first-order valence-electron chi connectivity index (χ1n) is 10.3. The molecule has 1 N–H and O–H groups in total. The van der Waals surface area contributed by atoms with Crippen molar-refractivity contribution in [3.8, 4) is 17.4 Å². The number of pyridine rings is 1. The largest absolute Gasteiger partial charge is 0.481 e. The first-order valence-corrected chi connectivity index (χ1v) is 12.9. The molecular weight excluding hydrogens is 499 g/mol. The van der Waals surface area contributed by atoms with Gasteiger partial charge in [0.25, 0.3) is 5.91 Å². The van der Waals surface area contributed by atoms with Gasteiger partial charge in [0.15, 0.2) is 15.6 Å². The number of aromatic nitrogens is 1. The van der Waals surface area contributed by atoms with Crippen LogP contribution in [0.15, 0.2) is 53.6 Å². The second kappa shape index (κ2) is 10.6. The number of sulfone groups is 1. The van der Waals surface area contributed by atoms with Crippen molar-refractivity contribution >= 4 is 38.9 Å². The summed E-state index contributed by atoms with van der Waals surface area (Å²) in [6, 6.07) is 11.1. The highest BCUT2D eigenvalue weighted by Crippen LogP contribution is 2.39. The number of rotatable bonds is 8. The van der Waals surface area contributed by atoms with Crippen LogP contribution in [0.3, 0.4) is 0 Å². The fraction of sp³-hybridized carbons (Fsp3) is 0.250. The minimum atomic E-state index is -3.29. The Kier molecular flexibility index (Phi) is 8.07. The summed E-state index contributed by atoms with van der Waals surface area (Å²) < 4.78 is 34.4. The molecule has 1 aromatic heterocycles. The molecule has 3 aromatic rings. The average molecular weight is 523 g/mol. The average Bonchev–Trinajstić information content (AvgIpc) is 2.79. The number of benzene rings is 2. The molecule has 180 valence electrons. The van der Waals surface area contributed by atoms with E-state index in [4.69, 9.17) is 32.7 Å². The van der Waals surface area contributed by atoms with Crippen LogP contribution in [-0.2, 0) is 16.4 Å². The molecule has 0 unspecified atom stereocenters. The van der Waals surface area contributed by atoms with Gasteiger partial charge in [-0.3, -0.25) is 4.79 Å². The lowest BCUT2D eigenvalue weighted by Gasteiger charge is -2.15. The van der Waals surface area contributed by atoms with Gasteiger partial charge in [0.05, 0.1) is 33.8 Å². The summed E-state index contributed by atoms with van der Waals surface area (Å²) in [6.45, 7) is 4.18. The van der Waals surface area contributed by atoms with Crippen molar-refractivity contribution in [3.63, 3.8) is 0 Å². The minimum Gasteiger partial charge on any atom is -0.481 e. The van der Waals surface area contributed by atoms with Crippen LogP contribution in [-0.4, -0.2) is 32.7 Å². The zero-order chi connectivity index (χ0) is 25.0. The zero-order valence-corrected chi connectivity index (χ0v) is 21.4. The highest BCUT2D eigenvalue weighted by Gasteiger charge is 2.19. The van der Waals surface area contributed by atoms with E-state index >= 15 is 0 Å². The van der Waals surface area contributed by atoms with Crippen molar-refractivity contribution in [2.45, 2.75) is 31.2 Å². The van der Waals surface area contributed by atoms with Gasteiger partial charge in [-0.1, -0.05) is 49.2 Å². The number of amides is 1. The van der Waals surface area contributed by atoms with E-state index in [0.717, 1.165) is 17.4 Å². The first kappa shape index (κ1) is 25.8. The maximum atomic E-state index is 12.8. The number of methoxy groups -OCH3 is 1. The zero-order valence-electron chi connectivity index (χ0n) is 19.1. The lowest BCUT2D eigenvalue weighted by molar-refractivity contribution is 0.0950. The third kappa shape index (κ3) is 6.00. The molecule has 0 atom stereocenters. The van der Waals surface area contributed by atoms with Crippen molar-refractivity contribution < 1.29 is 22.7 Å². The van der Waals surface area contributed by atoms with Gasteiger partial charge in [-0.25, -0.2) is 13.4 Å². The third-order valence-electron chi connectivity index (χ3n) is 4.99. The number of ether oxygens (including phenoxy) is 2. The Labute approximate surface area is 208 Å². The molecule has 7 nitrogen and oxygen atoms in total. The molecule has 0 aliphatic carbocycles. The number of carbonyl (C=O) groups is 1. The fourth-order valence-corrected chi connectivity index (χ4v) is 4.30. The molecule has 0 spiro atoms. The second-order valence-electron chi connectivity index (χ2n) is 7.86. The minimum absolute atomic E-state index is 0.0549. The summed E-state index contributed by atoms with van der Waals surface area (Å²) in [5.74, 6) is 0.735. The number of nitrogens with zero attached hydrogens (tertiary/aromatic N) is 1. The summed E-state index contributed by atoms with van der Waals surface area (Å²) in [7, 11) is -1.74. The van der Waals surface area contributed by atoms with Crippen LogP contribution in [0, 0.1) is 0 Å². The van der Waals surface area contributed by atoms with E-state index in [1.165, 1.54) is 30.5 Å². The normalized spacial score (nSPS) is 11.4. The molecular formula is C24H24Cl2N2O5S. The third-order valence-corrected chi connectivity index (χ3v) is 6.79. The molecule has 34 heavy (non-hydrogen) atoms. The Bertz CT molecular complexity index is 1310. The molecule has 1 amide bonds. The topological polar surface area (TPSA) is 94.6 Å². The van der Waals surface area contributed by atoms with Gasteiger partial charge in [-0.05, 0) is 41.8 Å². The van der Waals surface area contributed by atoms with Crippen molar-refractivity contribution in [1.29, 1.82) is 0 Å². The molecule has 0 aliphatic heterocycles. The standard InChI is InChI=1S/C24H24Cl2N2O5S/c1-14(2)19-11-16(13-28-24(19)32-3)33-22-20(25)10-9-18(21(22)26)23(29)27-12-15-5-7-17(8-6-15)34(4,30)31/h5-11,13-14H,12H2,1-4H3,(H,27,29). The molecule has 0 saturated carbocycles. The molecule has 2 aromatic carbocycles. The Morgan fingerprint density at radius 2 is 1.79 bits per heavy atom. The highest BCUT2D eigenvalue weighted by atomic mass is 35.5. The number of hydrogen-bond donors (Lipinski definition) is 1. The maximum Gasteiger partial charge on any atom is 0.253 e. The molecule has 0 radical (unpaired) electrons.